The molecule has 4 aromatic rings. The fourth-order valence-electron chi connectivity index (χ4n) is 5.62. The van der Waals surface area contributed by atoms with Crippen molar-refractivity contribution in [2.24, 2.45) is 0 Å². The standard InChI is InChI=1S/C28H12BF16O4.Li/c1-46-25-17(38)9(30)5(10(31)18(25)39)29(6-11(32)19(40)26(47-2)20(41)12(6)33,7-13(34)21(42)27(48-3)22(43)14(7)35)8-15(36)23(44)28(49-4)24(45)16(8)37;/h1-4H3;/q-1;+1. The monoisotopic (exact) mass is 734 g/mol. The Morgan fingerprint density at radius 1 is 0.260 bits per heavy atom. The van der Waals surface area contributed by atoms with E-state index in [1.54, 1.807) is 0 Å². The number of halogens is 16. The average Bonchev–Trinajstić information content (AvgIpc) is 3.06. The second-order valence-corrected chi connectivity index (χ2v) is 9.68. The zero-order valence-corrected chi connectivity index (χ0v) is 25.3. The first-order chi connectivity index (χ1) is 22.9. The Hall–Kier alpha value is -4.38. The van der Waals surface area contributed by atoms with Crippen molar-refractivity contribution in [3.8, 4) is 23.0 Å². The molecule has 0 aromatic heterocycles. The van der Waals surface area contributed by atoms with Gasteiger partial charge in [-0.3, -0.25) is 0 Å². The van der Waals surface area contributed by atoms with Crippen LogP contribution in [-0.2, 0) is 0 Å². The van der Waals surface area contributed by atoms with E-state index in [0.29, 0.717) is 28.4 Å². The molecule has 0 aliphatic heterocycles. The molecular formula is C28H12BF16LiO4. The van der Waals surface area contributed by atoms with E-state index in [2.05, 4.69) is 18.9 Å². The molecule has 0 aliphatic rings. The van der Waals surface area contributed by atoms with Gasteiger partial charge in [0.15, 0.2) is 23.0 Å². The Morgan fingerprint density at radius 3 is 0.480 bits per heavy atom. The molecule has 0 aliphatic carbocycles. The summed E-state index contributed by atoms with van der Waals surface area (Å²) < 4.78 is 267. The minimum Gasteiger partial charge on any atom is -0.491 e. The summed E-state index contributed by atoms with van der Waals surface area (Å²) in [6, 6.07) is 0. The summed E-state index contributed by atoms with van der Waals surface area (Å²) in [4.78, 5) is 0. The van der Waals surface area contributed by atoms with Gasteiger partial charge in [-0.15, -0.1) is 21.9 Å². The molecule has 0 saturated carbocycles. The molecule has 0 fully saturated rings. The molecule has 0 radical (unpaired) electrons. The smallest absolute Gasteiger partial charge is 0.491 e. The molecule has 4 nitrogen and oxygen atoms in total. The number of hydrogen-bond donors (Lipinski definition) is 0. The van der Waals surface area contributed by atoms with Gasteiger partial charge in [0, 0.05) is 0 Å². The molecule has 0 atom stereocenters. The molecule has 0 bridgehead atoms. The Kier molecular flexibility index (Phi) is 11.3. The summed E-state index contributed by atoms with van der Waals surface area (Å²) in [6.07, 6.45) is -6.80. The molecule has 0 heterocycles. The van der Waals surface area contributed by atoms with E-state index in [9.17, 15) is 0 Å². The zero-order valence-electron chi connectivity index (χ0n) is 25.3. The van der Waals surface area contributed by atoms with E-state index < -0.39 is 144 Å². The predicted molar refractivity (Wildman–Crippen MR) is 136 cm³/mol. The van der Waals surface area contributed by atoms with Crippen molar-refractivity contribution in [1.29, 1.82) is 0 Å². The van der Waals surface area contributed by atoms with Gasteiger partial charge < -0.3 is 18.9 Å². The third kappa shape index (κ3) is 5.19. The Bertz CT molecular complexity index is 1650. The zero-order chi connectivity index (χ0) is 37.2. The van der Waals surface area contributed by atoms with Crippen LogP contribution in [0.4, 0.5) is 70.2 Å². The van der Waals surface area contributed by atoms with Gasteiger partial charge in [0.25, 0.3) is 0 Å². The summed E-state index contributed by atoms with van der Waals surface area (Å²) >= 11 is 0. The fourth-order valence-corrected chi connectivity index (χ4v) is 5.62. The SMILES string of the molecule is COc1c(F)c(F)c([B-](c2c(F)c(F)c(OC)c(F)c2F)(c2c(F)c(F)c(OC)c(F)c2F)c2c(F)c(F)c(OC)c(F)c2F)c(F)c1F.[Li+]. The van der Waals surface area contributed by atoms with Crippen LogP contribution in [0.15, 0.2) is 0 Å². The van der Waals surface area contributed by atoms with E-state index in [0.717, 1.165) is 0 Å². The second kappa shape index (κ2) is 14.1. The van der Waals surface area contributed by atoms with Crippen LogP contribution in [0.2, 0.25) is 0 Å². The van der Waals surface area contributed by atoms with Crippen LogP contribution >= 0.6 is 0 Å². The third-order valence-corrected chi connectivity index (χ3v) is 7.58. The van der Waals surface area contributed by atoms with E-state index >= 15 is 70.2 Å². The summed E-state index contributed by atoms with van der Waals surface area (Å²) in [7, 11) is 1.31. The minimum absolute atomic E-state index is 0. The van der Waals surface area contributed by atoms with Crippen LogP contribution in [0, 0.1) is 93.1 Å². The predicted octanol–water partition coefficient (Wildman–Crippen LogP) is 2.33. The van der Waals surface area contributed by atoms with Gasteiger partial charge in [0.05, 0.1) is 28.4 Å². The van der Waals surface area contributed by atoms with Gasteiger partial charge in [0.1, 0.15) is 52.7 Å². The van der Waals surface area contributed by atoms with E-state index in [-0.39, 0.29) is 18.9 Å². The van der Waals surface area contributed by atoms with E-state index in [4.69, 9.17) is 0 Å². The molecule has 4 rings (SSSR count). The fraction of sp³-hybridized carbons (Fsp3) is 0.143. The van der Waals surface area contributed by atoms with E-state index in [1.165, 1.54) is 0 Å². The third-order valence-electron chi connectivity index (χ3n) is 7.58. The van der Waals surface area contributed by atoms with Crippen LogP contribution in [0.1, 0.15) is 0 Å². The maximum atomic E-state index is 16.1. The van der Waals surface area contributed by atoms with Gasteiger partial charge >= 0.3 is 18.9 Å². The van der Waals surface area contributed by atoms with Crippen molar-refractivity contribution < 1.29 is 108 Å². The van der Waals surface area contributed by atoms with Gasteiger partial charge in [0.2, 0.25) is 46.5 Å². The van der Waals surface area contributed by atoms with Crippen LogP contribution in [0.5, 0.6) is 23.0 Å². The molecule has 0 saturated heterocycles. The molecule has 4 aromatic carbocycles. The first kappa shape index (κ1) is 40.1. The van der Waals surface area contributed by atoms with Crippen LogP contribution < -0.4 is 59.7 Å². The van der Waals surface area contributed by atoms with Gasteiger partial charge in [-0.05, 0) is 0 Å². The number of methoxy groups -OCH3 is 4. The normalized spacial score (nSPS) is 11.4. The minimum atomic E-state index is -6.80. The largest absolute Gasteiger partial charge is 1.00 e. The summed E-state index contributed by atoms with van der Waals surface area (Å²) in [5.74, 6) is -57.7. The first-order valence-electron chi connectivity index (χ1n) is 12.6. The molecule has 22 heteroatoms. The van der Waals surface area contributed by atoms with Crippen LogP contribution in [0.25, 0.3) is 0 Å². The van der Waals surface area contributed by atoms with Crippen molar-refractivity contribution in [2.75, 3.05) is 28.4 Å². The topological polar surface area (TPSA) is 36.9 Å². The van der Waals surface area contributed by atoms with Crippen LogP contribution in [0.3, 0.4) is 0 Å². The molecule has 0 amide bonds. The van der Waals surface area contributed by atoms with Crippen molar-refractivity contribution >= 4 is 28.0 Å². The molecule has 0 N–H and O–H groups in total. The molecule has 0 spiro atoms. The van der Waals surface area contributed by atoms with Crippen molar-refractivity contribution in [1.82, 2.24) is 0 Å². The molecule has 264 valence electrons. The first-order valence-corrected chi connectivity index (χ1v) is 12.6. The number of hydrogen-bond acceptors (Lipinski definition) is 4. The van der Waals surface area contributed by atoms with Crippen molar-refractivity contribution in [2.45, 2.75) is 0 Å². The maximum Gasteiger partial charge on any atom is 1.00 e. The molecular weight excluding hydrogens is 722 g/mol. The Labute approximate surface area is 280 Å². The molecule has 0 unspecified atom stereocenters. The van der Waals surface area contributed by atoms with Crippen molar-refractivity contribution in [3.05, 3.63) is 93.1 Å². The molecule has 50 heavy (non-hydrogen) atoms. The maximum absolute atomic E-state index is 16.1. The summed E-state index contributed by atoms with van der Waals surface area (Å²) in [6.45, 7) is 0. The van der Waals surface area contributed by atoms with Gasteiger partial charge in [-0.2, -0.15) is 35.1 Å². The number of ether oxygens (including phenoxy) is 4. The van der Waals surface area contributed by atoms with E-state index in [1.807, 2.05) is 0 Å². The number of rotatable bonds is 8. The van der Waals surface area contributed by atoms with Crippen LogP contribution in [-0.4, -0.2) is 34.6 Å². The summed E-state index contributed by atoms with van der Waals surface area (Å²) in [5.41, 5.74) is -12.6. The second-order valence-electron chi connectivity index (χ2n) is 9.68. The summed E-state index contributed by atoms with van der Waals surface area (Å²) in [5, 5.41) is 0. The Balaban J connectivity index is 0.00000676. The average molecular weight is 734 g/mol. The Morgan fingerprint density at radius 2 is 0.380 bits per heavy atom. The quantitative estimate of drug-likeness (QED) is 0.159. The van der Waals surface area contributed by atoms with Gasteiger partial charge in [-0.1, -0.05) is 0 Å². The van der Waals surface area contributed by atoms with Crippen molar-refractivity contribution in [3.63, 3.8) is 0 Å². The van der Waals surface area contributed by atoms with Gasteiger partial charge in [-0.25, -0.2) is 35.1 Å². The number of benzene rings is 4.